The molecule has 2 aliphatic heterocycles. The van der Waals surface area contributed by atoms with Crippen molar-refractivity contribution in [3.63, 3.8) is 0 Å². The van der Waals surface area contributed by atoms with Crippen molar-refractivity contribution in [1.29, 1.82) is 5.26 Å². The van der Waals surface area contributed by atoms with Crippen molar-refractivity contribution >= 4 is 34.7 Å². The molecule has 4 aliphatic rings. The average molecular weight is 421 g/mol. The molecule has 2 N–H and O–H groups in total. The van der Waals surface area contributed by atoms with Crippen molar-refractivity contribution in [2.45, 2.75) is 49.2 Å². The third kappa shape index (κ3) is 3.38. The van der Waals surface area contributed by atoms with Crippen LogP contribution in [0.5, 0.6) is 0 Å². The van der Waals surface area contributed by atoms with E-state index in [0.717, 1.165) is 36.0 Å². The Morgan fingerprint density at radius 3 is 2.97 bits per heavy atom. The maximum absolute atomic E-state index is 12.6. The van der Waals surface area contributed by atoms with Crippen LogP contribution >= 0.6 is 11.6 Å². The number of benzene rings is 1. The lowest BCUT2D eigenvalue weighted by Crippen LogP contribution is -2.50. The highest BCUT2D eigenvalue weighted by molar-refractivity contribution is 6.38. The molecule has 1 aromatic carbocycles. The molecule has 152 valence electrons. The number of hydrogen-bond donors (Lipinski definition) is 2. The standard InChI is InChI=1S/C23H21ClN4O2/c24-14-3-6-20-18(10-14)17-5-1-12(8-19(17)22(29)28-20)7-16(11-25)27-23(30)21-13-2-4-15(9-13)26-21/h1,3,5-6,8,10,13-16,21,26H,2,4,7,9H2,(H,27,30)/t13-,14?,15+,16?,21-/m0/s1. The van der Waals surface area contributed by atoms with Crippen LogP contribution in [-0.2, 0) is 11.2 Å². The number of allylic oxidation sites excluding steroid dienone is 4. The van der Waals surface area contributed by atoms with Gasteiger partial charge in [-0.3, -0.25) is 9.59 Å². The molecule has 1 aromatic rings. The lowest BCUT2D eigenvalue weighted by Gasteiger charge is -2.24. The second kappa shape index (κ2) is 7.50. The number of carbonyl (C=O) groups excluding carboxylic acids is 2. The summed E-state index contributed by atoms with van der Waals surface area (Å²) in [5.41, 5.74) is 3.58. The summed E-state index contributed by atoms with van der Waals surface area (Å²) in [6.07, 6.45) is 9.01. The van der Waals surface area contributed by atoms with Crippen molar-refractivity contribution in [3.8, 4) is 6.07 Å². The molecule has 6 nitrogen and oxygen atoms in total. The predicted molar refractivity (Wildman–Crippen MR) is 114 cm³/mol. The Balaban J connectivity index is 1.32. The van der Waals surface area contributed by atoms with Gasteiger partial charge in [-0.1, -0.05) is 24.3 Å². The van der Waals surface area contributed by atoms with Gasteiger partial charge in [0.1, 0.15) is 6.04 Å². The molecular weight excluding hydrogens is 400 g/mol. The maximum atomic E-state index is 12.6. The molecule has 7 heteroatoms. The summed E-state index contributed by atoms with van der Waals surface area (Å²) in [4.78, 5) is 29.3. The number of rotatable bonds is 4. The number of halogens is 1. The quantitative estimate of drug-likeness (QED) is 0.732. The van der Waals surface area contributed by atoms with Crippen LogP contribution in [0.1, 0.15) is 40.7 Å². The zero-order chi connectivity index (χ0) is 20.8. The van der Waals surface area contributed by atoms with E-state index < -0.39 is 6.04 Å². The smallest absolute Gasteiger partial charge is 0.278 e. The minimum Gasteiger partial charge on any atom is -0.339 e. The third-order valence-corrected chi connectivity index (χ3v) is 6.69. The first-order valence-electron chi connectivity index (χ1n) is 10.3. The van der Waals surface area contributed by atoms with Gasteiger partial charge in [0.05, 0.1) is 23.2 Å². The first-order chi connectivity index (χ1) is 14.5. The number of alkyl halides is 1. The molecule has 5 atom stereocenters. The summed E-state index contributed by atoms with van der Waals surface area (Å²) >= 11 is 6.20. The fourth-order valence-corrected chi connectivity index (χ4v) is 5.17. The van der Waals surface area contributed by atoms with Crippen LogP contribution in [-0.4, -0.2) is 41.0 Å². The Morgan fingerprint density at radius 2 is 2.23 bits per heavy atom. The van der Waals surface area contributed by atoms with Crippen molar-refractivity contribution < 1.29 is 9.59 Å². The summed E-state index contributed by atoms with van der Waals surface area (Å²) in [6, 6.07) is 7.29. The predicted octanol–water partition coefficient (Wildman–Crippen LogP) is 2.53. The number of carbonyl (C=O) groups is 2. The van der Waals surface area contributed by atoms with Gasteiger partial charge in [0.25, 0.3) is 5.91 Å². The fraction of sp³-hybridized carbons (Fsp3) is 0.391. The van der Waals surface area contributed by atoms with Crippen molar-refractivity contribution in [1.82, 2.24) is 10.6 Å². The average Bonchev–Trinajstić information content (AvgIpc) is 3.38. The van der Waals surface area contributed by atoms with Gasteiger partial charge in [-0.05, 0) is 48.4 Å². The van der Waals surface area contributed by atoms with Crippen molar-refractivity contribution in [3.05, 3.63) is 53.1 Å². The van der Waals surface area contributed by atoms with E-state index in [4.69, 9.17) is 11.6 Å². The van der Waals surface area contributed by atoms with Gasteiger partial charge in [0, 0.05) is 23.6 Å². The SMILES string of the molecule is N#CC(Cc1ccc2c(c1)C(=O)N=C1C=CC(Cl)C=C12)NC(=O)[C@H]1N[C@@H]2CC[C@H]1C2. The van der Waals surface area contributed by atoms with E-state index in [1.54, 1.807) is 18.2 Å². The monoisotopic (exact) mass is 420 g/mol. The van der Waals surface area contributed by atoms with E-state index >= 15 is 0 Å². The zero-order valence-electron chi connectivity index (χ0n) is 16.3. The number of amides is 2. The highest BCUT2D eigenvalue weighted by Gasteiger charge is 2.43. The van der Waals surface area contributed by atoms with Crippen LogP contribution < -0.4 is 10.6 Å². The molecule has 2 heterocycles. The lowest BCUT2D eigenvalue weighted by molar-refractivity contribution is -0.124. The van der Waals surface area contributed by atoms with Crippen LogP contribution in [0.2, 0.25) is 0 Å². The summed E-state index contributed by atoms with van der Waals surface area (Å²) < 4.78 is 0. The fourth-order valence-electron chi connectivity index (χ4n) is 4.97. The highest BCUT2D eigenvalue weighted by atomic mass is 35.5. The molecule has 1 saturated heterocycles. The summed E-state index contributed by atoms with van der Waals surface area (Å²) in [5, 5.41) is 15.6. The Kier molecular flexibility index (Phi) is 4.80. The van der Waals surface area contributed by atoms with E-state index in [2.05, 4.69) is 21.7 Å². The molecule has 0 radical (unpaired) electrons. The van der Waals surface area contributed by atoms with Crippen LogP contribution in [0.3, 0.4) is 0 Å². The Hall–Kier alpha value is -2.75. The van der Waals surface area contributed by atoms with E-state index in [1.807, 2.05) is 18.2 Å². The second-order valence-corrected chi connectivity index (χ2v) is 8.88. The minimum atomic E-state index is -0.654. The third-order valence-electron chi connectivity index (χ3n) is 6.42. The van der Waals surface area contributed by atoms with Gasteiger partial charge in [-0.15, -0.1) is 11.6 Å². The normalized spacial score (nSPS) is 29.4. The van der Waals surface area contributed by atoms with Crippen molar-refractivity contribution in [2.24, 2.45) is 10.9 Å². The highest BCUT2D eigenvalue weighted by Crippen LogP contribution is 2.35. The van der Waals surface area contributed by atoms with Gasteiger partial charge in [-0.2, -0.15) is 5.26 Å². The lowest BCUT2D eigenvalue weighted by atomic mass is 9.88. The first kappa shape index (κ1) is 19.2. The number of aliphatic imine (C=N–C) groups is 1. The number of piperidine rings is 1. The molecule has 2 aliphatic carbocycles. The van der Waals surface area contributed by atoms with Crippen LogP contribution in [0.4, 0.5) is 0 Å². The zero-order valence-corrected chi connectivity index (χ0v) is 17.0. The van der Waals surface area contributed by atoms with Crippen LogP contribution in [0.15, 0.2) is 41.4 Å². The Morgan fingerprint density at radius 1 is 1.37 bits per heavy atom. The molecule has 1 saturated carbocycles. The molecule has 2 bridgehead atoms. The number of hydrogen-bond acceptors (Lipinski definition) is 4. The van der Waals surface area contributed by atoms with Gasteiger partial charge >= 0.3 is 0 Å². The molecule has 0 aromatic heterocycles. The molecule has 2 fully saturated rings. The van der Waals surface area contributed by atoms with E-state index in [-0.39, 0.29) is 23.2 Å². The van der Waals surface area contributed by atoms with Crippen LogP contribution in [0.25, 0.3) is 5.57 Å². The maximum Gasteiger partial charge on any atom is 0.278 e. The molecule has 2 amide bonds. The largest absolute Gasteiger partial charge is 0.339 e. The van der Waals surface area contributed by atoms with Gasteiger partial charge < -0.3 is 10.6 Å². The topological polar surface area (TPSA) is 94.3 Å². The van der Waals surface area contributed by atoms with E-state index in [1.165, 1.54) is 0 Å². The summed E-state index contributed by atoms with van der Waals surface area (Å²) in [7, 11) is 0. The van der Waals surface area contributed by atoms with E-state index in [9.17, 15) is 14.9 Å². The molecular formula is C23H21ClN4O2. The molecule has 2 unspecified atom stereocenters. The van der Waals surface area contributed by atoms with Gasteiger partial charge in [0.15, 0.2) is 0 Å². The first-order valence-corrected chi connectivity index (χ1v) is 10.7. The molecule has 30 heavy (non-hydrogen) atoms. The number of fused-ring (bicyclic) bond motifs is 5. The molecule has 0 spiro atoms. The van der Waals surface area contributed by atoms with Gasteiger partial charge in [-0.25, -0.2) is 4.99 Å². The number of nitrogens with one attached hydrogen (secondary N) is 2. The number of nitrogens with zero attached hydrogens (tertiary/aromatic N) is 2. The van der Waals surface area contributed by atoms with Gasteiger partial charge in [0.2, 0.25) is 5.91 Å². The van der Waals surface area contributed by atoms with Crippen LogP contribution in [0, 0.1) is 17.2 Å². The van der Waals surface area contributed by atoms with Crippen molar-refractivity contribution in [2.75, 3.05) is 0 Å². The summed E-state index contributed by atoms with van der Waals surface area (Å²) in [6.45, 7) is 0. The Bertz CT molecular complexity index is 1070. The summed E-state index contributed by atoms with van der Waals surface area (Å²) in [5.74, 6) is -0.0453. The minimum absolute atomic E-state index is 0.107. The number of nitriles is 1. The second-order valence-electron chi connectivity index (χ2n) is 8.37. The van der Waals surface area contributed by atoms with E-state index in [0.29, 0.717) is 29.7 Å². The molecule has 5 rings (SSSR count). The Labute approximate surface area is 179 Å².